The van der Waals surface area contributed by atoms with Crippen LogP contribution in [-0.4, -0.2) is 212 Å². The lowest BCUT2D eigenvalue weighted by Gasteiger charge is -2.30. The molecule has 0 aromatic carbocycles. The van der Waals surface area contributed by atoms with E-state index in [1.54, 1.807) is 13.8 Å². The zero-order chi connectivity index (χ0) is 52.4. The van der Waals surface area contributed by atoms with Crippen molar-refractivity contribution in [3.8, 4) is 0 Å². The Labute approximate surface area is 408 Å². The van der Waals surface area contributed by atoms with E-state index in [4.69, 9.17) is 10.2 Å². The summed E-state index contributed by atoms with van der Waals surface area (Å²) in [6.45, 7) is 1.90. The maximum absolute atomic E-state index is 13.8. The summed E-state index contributed by atoms with van der Waals surface area (Å²) in [6, 6.07) is -10.9. The molecule has 14 N–H and O–H groups in total. The summed E-state index contributed by atoms with van der Waals surface area (Å²) in [5, 5.41) is 60.0. The molecule has 0 spiro atoms. The van der Waals surface area contributed by atoms with Gasteiger partial charge in [0.2, 0.25) is 59.1 Å². The predicted octanol–water partition coefficient (Wildman–Crippen LogP) is -7.05. The molecule has 4 rings (SSSR count). The monoisotopic (exact) mass is 1010 g/mol. The molecule has 0 aliphatic carbocycles. The van der Waals surface area contributed by atoms with E-state index < -0.39 is 158 Å². The fourth-order valence-electron chi connectivity index (χ4n) is 8.25. The number of amides is 10. The van der Waals surface area contributed by atoms with E-state index in [9.17, 15) is 63.0 Å². The summed E-state index contributed by atoms with van der Waals surface area (Å²) in [5.41, 5.74) is 0.409. The molecule has 3 saturated heterocycles. The minimum absolute atomic E-state index is 0.124. The Morgan fingerprint density at radius 1 is 0.676 bits per heavy atom. The third-order valence-electron chi connectivity index (χ3n) is 12.5. The fraction of sp³-hybridized carbons (Fsp3) is 0.674. The van der Waals surface area contributed by atoms with Crippen molar-refractivity contribution in [3.63, 3.8) is 0 Å². The van der Waals surface area contributed by atoms with E-state index in [2.05, 4.69) is 52.5 Å². The van der Waals surface area contributed by atoms with Crippen molar-refractivity contribution >= 4 is 65.0 Å². The van der Waals surface area contributed by atoms with Crippen molar-refractivity contribution in [2.75, 3.05) is 52.5 Å². The number of likely N-dealkylation sites (tertiary alicyclic amines) is 2. The van der Waals surface area contributed by atoms with Crippen molar-refractivity contribution in [1.82, 2.24) is 67.6 Å². The molecule has 3 fully saturated rings. The largest absolute Gasteiger partial charge is 0.480 e. The van der Waals surface area contributed by atoms with Crippen LogP contribution in [0.3, 0.4) is 0 Å². The Morgan fingerprint density at radius 2 is 1.27 bits per heavy atom. The third kappa shape index (κ3) is 16.1. The summed E-state index contributed by atoms with van der Waals surface area (Å²) in [7, 11) is 0. The van der Waals surface area contributed by atoms with Crippen LogP contribution in [-0.2, 0) is 59.2 Å². The SMILES string of the molecule is CC[C@H](C)[C@H](NC(=O)[C@@H]1CCCN1C(=O)[C@H](C)NC(=O)[C@H](CO)NC(=O)[C@@H]1CCCN1)C(=O)NCC(=O)N1CCC[C@H]1C(=O)N[C@@H](Cc1cnc[nH]1)C(=O)NCC(=O)N[C@@H](CO)C(=O)N[C@@H](CO)C(=O)O. The second-order valence-corrected chi connectivity index (χ2v) is 17.6. The number of aliphatic carboxylic acids is 1. The van der Waals surface area contributed by atoms with Gasteiger partial charge in [0.15, 0.2) is 0 Å². The van der Waals surface area contributed by atoms with Crippen molar-refractivity contribution in [3.05, 3.63) is 18.2 Å². The number of carboxylic acid groups (broad SMARTS) is 1. The standard InChI is InChI=1S/C43H67N13O15/c1-4-22(2)34(54-40(67)31-10-7-13-56(31)42(69)23(3)49-37(64)28(19-58)52-36(63)25-8-5-11-45-25)41(68)47-17-33(61)55-12-6-9-30(55)39(66)51-26(14-24-15-44-21-48-24)35(62)46-16-32(60)50-27(18-57)38(65)53-29(20-59)43(70)71/h15,21-23,25-31,34,45,57-59H,4-14,16-20H2,1-3H3,(H,44,48)(H,46,62)(H,47,68)(H,49,64)(H,50,60)(H,51,66)(H,52,63)(H,53,65)(H,54,67)(H,70,71)/t22-,23-,25-,26-,27-,28-,29-,30-,31-,34-/m0/s1. The molecule has 1 aromatic heterocycles. The van der Waals surface area contributed by atoms with E-state index in [-0.39, 0.29) is 32.4 Å². The first-order valence-corrected chi connectivity index (χ1v) is 23.6. The molecule has 28 heteroatoms. The first-order chi connectivity index (χ1) is 33.8. The van der Waals surface area contributed by atoms with E-state index in [1.807, 2.05) is 5.32 Å². The normalized spacial score (nSPS) is 20.5. The Morgan fingerprint density at radius 3 is 1.86 bits per heavy atom. The fourth-order valence-corrected chi connectivity index (χ4v) is 8.25. The zero-order valence-corrected chi connectivity index (χ0v) is 39.9. The highest BCUT2D eigenvalue weighted by molar-refractivity contribution is 5.98. The van der Waals surface area contributed by atoms with E-state index in [0.717, 1.165) is 6.42 Å². The average Bonchev–Trinajstić information content (AvgIpc) is 4.22. The van der Waals surface area contributed by atoms with Gasteiger partial charge in [-0.05, 0) is 57.9 Å². The predicted molar refractivity (Wildman–Crippen MR) is 244 cm³/mol. The summed E-state index contributed by atoms with van der Waals surface area (Å²) < 4.78 is 0. The summed E-state index contributed by atoms with van der Waals surface area (Å²) in [4.78, 5) is 153. The molecule has 4 heterocycles. The van der Waals surface area contributed by atoms with Crippen molar-refractivity contribution in [1.29, 1.82) is 0 Å². The van der Waals surface area contributed by atoms with Gasteiger partial charge in [-0.15, -0.1) is 0 Å². The molecule has 0 bridgehead atoms. The second kappa shape index (κ2) is 27.6. The number of aliphatic hydroxyl groups excluding tert-OH is 3. The number of imidazole rings is 1. The molecule has 1 aromatic rings. The van der Waals surface area contributed by atoms with Gasteiger partial charge < -0.3 is 83.1 Å². The zero-order valence-electron chi connectivity index (χ0n) is 39.9. The lowest BCUT2D eigenvalue weighted by molar-refractivity contribution is -0.143. The molecule has 71 heavy (non-hydrogen) atoms. The molecular weight excluding hydrogens is 939 g/mol. The average molecular weight is 1010 g/mol. The topological polar surface area (TPSA) is 412 Å². The Kier molecular flexibility index (Phi) is 22.1. The number of aliphatic hydroxyl groups is 3. The Hall–Kier alpha value is -6.78. The Balaban J connectivity index is 1.32. The van der Waals surface area contributed by atoms with Gasteiger partial charge in [-0.2, -0.15) is 0 Å². The quantitative estimate of drug-likeness (QED) is 0.0410. The molecule has 0 unspecified atom stereocenters. The smallest absolute Gasteiger partial charge is 0.328 e. The molecule has 3 aliphatic heterocycles. The van der Waals surface area contributed by atoms with Crippen LogP contribution in [0.1, 0.15) is 71.4 Å². The maximum atomic E-state index is 13.8. The first-order valence-electron chi connectivity index (χ1n) is 23.6. The van der Waals surface area contributed by atoms with E-state index >= 15 is 0 Å². The van der Waals surface area contributed by atoms with Crippen LogP contribution in [0.4, 0.5) is 0 Å². The van der Waals surface area contributed by atoms with Crippen LogP contribution in [0.2, 0.25) is 0 Å². The number of carbonyl (C=O) groups is 11. The van der Waals surface area contributed by atoms with Gasteiger partial charge in [0.05, 0.1) is 45.3 Å². The van der Waals surface area contributed by atoms with Crippen LogP contribution < -0.4 is 47.9 Å². The third-order valence-corrected chi connectivity index (χ3v) is 12.5. The highest BCUT2D eigenvalue weighted by Crippen LogP contribution is 2.21. The van der Waals surface area contributed by atoms with Gasteiger partial charge in [-0.25, -0.2) is 9.78 Å². The number of hydrogen-bond donors (Lipinski definition) is 14. The number of carboxylic acids is 1. The van der Waals surface area contributed by atoms with Gasteiger partial charge in [0, 0.05) is 31.4 Å². The van der Waals surface area contributed by atoms with Gasteiger partial charge in [0.25, 0.3) is 0 Å². The van der Waals surface area contributed by atoms with Crippen LogP contribution in [0.5, 0.6) is 0 Å². The first kappa shape index (κ1) is 56.8. The summed E-state index contributed by atoms with van der Waals surface area (Å²) >= 11 is 0. The number of nitrogens with one attached hydrogen (secondary N) is 10. The summed E-state index contributed by atoms with van der Waals surface area (Å²) in [6.07, 6.45) is 5.64. The lowest BCUT2D eigenvalue weighted by atomic mass is 9.97. The lowest BCUT2D eigenvalue weighted by Crippen LogP contribution is -2.59. The van der Waals surface area contributed by atoms with Gasteiger partial charge in [0.1, 0.15) is 48.3 Å². The maximum Gasteiger partial charge on any atom is 0.328 e. The number of aromatic nitrogens is 2. The van der Waals surface area contributed by atoms with Crippen LogP contribution in [0.25, 0.3) is 0 Å². The molecule has 0 saturated carbocycles. The van der Waals surface area contributed by atoms with E-state index in [0.29, 0.717) is 37.9 Å². The molecule has 3 aliphatic rings. The van der Waals surface area contributed by atoms with Crippen molar-refractivity contribution in [2.45, 2.75) is 127 Å². The highest BCUT2D eigenvalue weighted by Gasteiger charge is 2.41. The molecule has 28 nitrogen and oxygen atoms in total. The number of hydrogen-bond acceptors (Lipinski definition) is 16. The Bertz CT molecular complexity index is 2070. The van der Waals surface area contributed by atoms with Crippen LogP contribution >= 0.6 is 0 Å². The number of aromatic amines is 1. The number of carbonyl (C=O) groups excluding carboxylic acids is 10. The van der Waals surface area contributed by atoms with Crippen LogP contribution in [0, 0.1) is 5.92 Å². The van der Waals surface area contributed by atoms with Gasteiger partial charge >= 0.3 is 5.97 Å². The molecule has 394 valence electrons. The molecular formula is C43H67N13O15. The summed E-state index contributed by atoms with van der Waals surface area (Å²) in [5.74, 6) is -9.53. The van der Waals surface area contributed by atoms with E-state index in [1.165, 1.54) is 29.2 Å². The van der Waals surface area contributed by atoms with Gasteiger partial charge in [-0.1, -0.05) is 20.3 Å². The minimum Gasteiger partial charge on any atom is -0.480 e. The molecule has 10 amide bonds. The van der Waals surface area contributed by atoms with Crippen molar-refractivity contribution in [2.24, 2.45) is 5.92 Å². The molecule has 10 atom stereocenters. The van der Waals surface area contributed by atoms with Crippen LogP contribution in [0.15, 0.2) is 12.5 Å². The van der Waals surface area contributed by atoms with Gasteiger partial charge in [-0.3, -0.25) is 47.9 Å². The second-order valence-electron chi connectivity index (χ2n) is 17.6. The highest BCUT2D eigenvalue weighted by atomic mass is 16.4. The number of rotatable bonds is 26. The number of nitrogens with zero attached hydrogens (tertiary/aromatic N) is 3. The number of H-pyrrole nitrogens is 1. The van der Waals surface area contributed by atoms with Crippen molar-refractivity contribution < 1.29 is 73.2 Å². The molecule has 0 radical (unpaired) electrons. The minimum atomic E-state index is -1.71.